The molecule has 2 aromatic rings. The van der Waals surface area contributed by atoms with Gasteiger partial charge in [0.2, 0.25) is 0 Å². The second-order valence-corrected chi connectivity index (χ2v) is 4.08. The Morgan fingerprint density at radius 2 is 1.76 bits per heavy atom. The number of para-hydroxylation sites is 1. The molecule has 2 rings (SSSR count). The molecule has 1 aromatic carbocycles. The van der Waals surface area contributed by atoms with Crippen molar-refractivity contribution in [3.63, 3.8) is 0 Å². The summed E-state index contributed by atoms with van der Waals surface area (Å²) in [5.74, 6) is 0. The van der Waals surface area contributed by atoms with Gasteiger partial charge in [-0.25, -0.2) is 0 Å². The maximum Gasteiger partial charge on any atom is 0.170 e. The Bertz CT molecular complexity index is 451. The Hall–Kier alpha value is -1.81. The van der Waals surface area contributed by atoms with E-state index in [-0.39, 0.29) is 0 Å². The Balaban J connectivity index is 1.71. The largest absolute Gasteiger partial charge is 0.361 e. The molecule has 0 saturated heterocycles. The highest BCUT2D eigenvalue weighted by molar-refractivity contribution is 7.80. The number of nitrogens with one attached hydrogen (secondary N) is 2. The smallest absolute Gasteiger partial charge is 0.170 e. The minimum Gasteiger partial charge on any atom is -0.361 e. The Kier molecular flexibility index (Phi) is 4.16. The average molecular weight is 245 g/mol. The second-order valence-electron chi connectivity index (χ2n) is 3.67. The van der Waals surface area contributed by atoms with Gasteiger partial charge in [0, 0.05) is 31.2 Å². The van der Waals surface area contributed by atoms with E-state index in [0.717, 1.165) is 18.8 Å². The van der Waals surface area contributed by atoms with Crippen molar-refractivity contribution in [2.24, 2.45) is 0 Å². The van der Waals surface area contributed by atoms with E-state index >= 15 is 0 Å². The zero-order valence-corrected chi connectivity index (χ0v) is 10.3. The Morgan fingerprint density at radius 1 is 1.06 bits per heavy atom. The van der Waals surface area contributed by atoms with Crippen LogP contribution in [0.2, 0.25) is 0 Å². The van der Waals surface area contributed by atoms with E-state index in [1.807, 2.05) is 54.9 Å². The zero-order chi connectivity index (χ0) is 11.9. The second kappa shape index (κ2) is 6.06. The fraction of sp³-hybridized carbons (Fsp3) is 0.154. The molecule has 0 radical (unpaired) electrons. The van der Waals surface area contributed by atoms with Crippen LogP contribution in [0.25, 0.3) is 0 Å². The predicted octanol–water partition coefficient (Wildman–Crippen LogP) is 2.47. The van der Waals surface area contributed by atoms with Gasteiger partial charge in [-0.2, -0.15) is 0 Å². The van der Waals surface area contributed by atoms with Gasteiger partial charge in [-0.1, -0.05) is 18.2 Å². The van der Waals surface area contributed by atoms with Crippen LogP contribution in [0.1, 0.15) is 0 Å². The molecular formula is C13H15N3S. The predicted molar refractivity (Wildman–Crippen MR) is 75.1 cm³/mol. The van der Waals surface area contributed by atoms with Crippen LogP contribution in [0, 0.1) is 0 Å². The third-order valence-electron chi connectivity index (χ3n) is 2.35. The van der Waals surface area contributed by atoms with Crippen LogP contribution in [-0.2, 0) is 6.54 Å². The fourth-order valence-electron chi connectivity index (χ4n) is 1.51. The lowest BCUT2D eigenvalue weighted by atomic mass is 10.3. The molecule has 0 aliphatic heterocycles. The van der Waals surface area contributed by atoms with Crippen LogP contribution in [-0.4, -0.2) is 16.2 Å². The number of hydrogen-bond acceptors (Lipinski definition) is 1. The lowest BCUT2D eigenvalue weighted by molar-refractivity contribution is 0.680. The standard InChI is InChI=1S/C13H15N3S/c17-13(15-12-6-2-1-3-7-12)14-8-11-16-9-4-5-10-16/h1-7,9-10H,8,11H2,(H2,14,15,17). The number of aromatic nitrogens is 1. The van der Waals surface area contributed by atoms with Gasteiger partial charge >= 0.3 is 0 Å². The molecule has 0 amide bonds. The van der Waals surface area contributed by atoms with E-state index in [1.54, 1.807) is 0 Å². The number of nitrogens with zero attached hydrogens (tertiary/aromatic N) is 1. The van der Waals surface area contributed by atoms with Crippen LogP contribution in [0.15, 0.2) is 54.9 Å². The highest BCUT2D eigenvalue weighted by atomic mass is 32.1. The van der Waals surface area contributed by atoms with E-state index < -0.39 is 0 Å². The van der Waals surface area contributed by atoms with E-state index in [1.165, 1.54) is 0 Å². The maximum absolute atomic E-state index is 5.20. The number of rotatable bonds is 4. The van der Waals surface area contributed by atoms with Gasteiger partial charge in [-0.3, -0.25) is 0 Å². The van der Waals surface area contributed by atoms with Crippen LogP contribution in [0.4, 0.5) is 5.69 Å². The highest BCUT2D eigenvalue weighted by Crippen LogP contribution is 2.04. The van der Waals surface area contributed by atoms with Crippen molar-refractivity contribution in [2.75, 3.05) is 11.9 Å². The molecule has 4 heteroatoms. The SMILES string of the molecule is S=C(NCCn1cccc1)Nc1ccccc1. The Morgan fingerprint density at radius 3 is 2.47 bits per heavy atom. The first-order valence-corrected chi connectivity index (χ1v) is 5.96. The molecule has 3 nitrogen and oxygen atoms in total. The van der Waals surface area contributed by atoms with Crippen LogP contribution in [0.3, 0.4) is 0 Å². The molecule has 88 valence electrons. The third kappa shape index (κ3) is 3.92. The van der Waals surface area contributed by atoms with Gasteiger partial charge in [-0.15, -0.1) is 0 Å². The van der Waals surface area contributed by atoms with Crippen LogP contribution < -0.4 is 10.6 Å². The normalized spacial score (nSPS) is 9.88. The summed E-state index contributed by atoms with van der Waals surface area (Å²) in [6.45, 7) is 1.72. The molecule has 0 bridgehead atoms. The van der Waals surface area contributed by atoms with Crippen molar-refractivity contribution in [1.29, 1.82) is 0 Å². The van der Waals surface area contributed by atoms with Gasteiger partial charge in [0.1, 0.15) is 0 Å². The summed E-state index contributed by atoms with van der Waals surface area (Å²) in [7, 11) is 0. The molecule has 2 N–H and O–H groups in total. The molecule has 0 unspecified atom stereocenters. The van der Waals surface area contributed by atoms with E-state index in [0.29, 0.717) is 5.11 Å². The van der Waals surface area contributed by atoms with Crippen molar-refractivity contribution in [1.82, 2.24) is 9.88 Å². The van der Waals surface area contributed by atoms with Crippen molar-refractivity contribution >= 4 is 23.0 Å². The summed E-state index contributed by atoms with van der Waals surface area (Å²) < 4.78 is 2.11. The average Bonchev–Trinajstić information content (AvgIpc) is 2.83. The minimum absolute atomic E-state index is 0.656. The number of hydrogen-bond donors (Lipinski definition) is 2. The lowest BCUT2D eigenvalue weighted by Gasteiger charge is -2.10. The summed E-state index contributed by atoms with van der Waals surface area (Å²) in [6.07, 6.45) is 4.07. The van der Waals surface area contributed by atoms with E-state index in [4.69, 9.17) is 12.2 Å². The molecule has 0 aliphatic carbocycles. The quantitative estimate of drug-likeness (QED) is 0.811. The third-order valence-corrected chi connectivity index (χ3v) is 2.60. The van der Waals surface area contributed by atoms with Gasteiger partial charge in [0.05, 0.1) is 0 Å². The number of thiocarbonyl (C=S) groups is 1. The van der Waals surface area contributed by atoms with Crippen LogP contribution in [0.5, 0.6) is 0 Å². The van der Waals surface area contributed by atoms with Gasteiger partial charge in [-0.05, 0) is 36.5 Å². The van der Waals surface area contributed by atoms with Gasteiger partial charge in [0.15, 0.2) is 5.11 Å². The monoisotopic (exact) mass is 245 g/mol. The van der Waals surface area contributed by atoms with Crippen molar-refractivity contribution in [3.8, 4) is 0 Å². The first-order chi connectivity index (χ1) is 8.34. The summed E-state index contributed by atoms with van der Waals surface area (Å²) >= 11 is 5.20. The molecule has 1 heterocycles. The zero-order valence-electron chi connectivity index (χ0n) is 9.47. The molecule has 0 spiro atoms. The van der Waals surface area contributed by atoms with Crippen LogP contribution >= 0.6 is 12.2 Å². The molecule has 0 saturated carbocycles. The van der Waals surface area contributed by atoms with E-state index in [9.17, 15) is 0 Å². The van der Waals surface area contributed by atoms with Gasteiger partial charge in [0.25, 0.3) is 0 Å². The summed E-state index contributed by atoms with van der Waals surface area (Å²) in [6, 6.07) is 13.9. The number of anilines is 1. The summed E-state index contributed by atoms with van der Waals surface area (Å²) in [5, 5.41) is 6.96. The molecule has 17 heavy (non-hydrogen) atoms. The molecule has 0 aliphatic rings. The topological polar surface area (TPSA) is 29.0 Å². The number of benzene rings is 1. The molecule has 0 fully saturated rings. The molecule has 0 atom stereocenters. The first kappa shape index (κ1) is 11.7. The van der Waals surface area contributed by atoms with Gasteiger partial charge < -0.3 is 15.2 Å². The van der Waals surface area contributed by atoms with E-state index in [2.05, 4.69) is 15.2 Å². The molecular weight excluding hydrogens is 230 g/mol. The fourth-order valence-corrected chi connectivity index (χ4v) is 1.73. The first-order valence-electron chi connectivity index (χ1n) is 5.55. The van der Waals surface area contributed by atoms with Crippen molar-refractivity contribution in [3.05, 3.63) is 54.9 Å². The summed E-state index contributed by atoms with van der Waals surface area (Å²) in [4.78, 5) is 0. The van der Waals surface area contributed by atoms with Crippen molar-refractivity contribution < 1.29 is 0 Å². The van der Waals surface area contributed by atoms with Crippen molar-refractivity contribution in [2.45, 2.75) is 6.54 Å². The highest BCUT2D eigenvalue weighted by Gasteiger charge is 1.95. The Labute approximate surface area is 106 Å². The minimum atomic E-state index is 0.656. The lowest BCUT2D eigenvalue weighted by Crippen LogP contribution is -2.31. The maximum atomic E-state index is 5.20. The molecule has 1 aromatic heterocycles. The summed E-state index contributed by atoms with van der Waals surface area (Å²) in [5.41, 5.74) is 1.01.